The molecule has 1 saturated carbocycles. The van der Waals surface area contributed by atoms with Gasteiger partial charge in [-0.15, -0.1) is 11.3 Å². The summed E-state index contributed by atoms with van der Waals surface area (Å²) in [4.78, 5) is 1.11. The molecule has 4 nitrogen and oxygen atoms in total. The van der Waals surface area contributed by atoms with Crippen molar-refractivity contribution in [2.75, 3.05) is 13.1 Å². The number of hydrogen-bond donors (Lipinski definition) is 2. The van der Waals surface area contributed by atoms with E-state index in [1.54, 1.807) is 6.07 Å². The zero-order valence-electron chi connectivity index (χ0n) is 12.2. The fourth-order valence-corrected chi connectivity index (χ4v) is 4.44. The van der Waals surface area contributed by atoms with E-state index in [0.717, 1.165) is 30.2 Å². The molecule has 1 aromatic heterocycles. The minimum atomic E-state index is -3.30. The zero-order valence-corrected chi connectivity index (χ0v) is 13.8. The van der Waals surface area contributed by atoms with Crippen LogP contribution in [0.3, 0.4) is 0 Å². The maximum Gasteiger partial charge on any atom is 0.250 e. The quantitative estimate of drug-likeness (QED) is 0.735. The lowest BCUT2D eigenvalue weighted by molar-refractivity contribution is 0.577. The lowest BCUT2D eigenvalue weighted by Gasteiger charge is -2.06. The van der Waals surface area contributed by atoms with Crippen LogP contribution in [0.1, 0.15) is 38.0 Å². The first-order valence-corrected chi connectivity index (χ1v) is 9.59. The van der Waals surface area contributed by atoms with E-state index >= 15 is 0 Å². The summed E-state index contributed by atoms with van der Waals surface area (Å²) in [5.74, 6) is 0.749. The van der Waals surface area contributed by atoms with E-state index in [2.05, 4.69) is 23.9 Å². The fourth-order valence-electron chi connectivity index (χ4n) is 2.00. The van der Waals surface area contributed by atoms with Gasteiger partial charge in [-0.05, 0) is 30.9 Å². The van der Waals surface area contributed by atoms with E-state index in [9.17, 15) is 8.42 Å². The number of nitrogens with one attached hydrogen (secondary N) is 2. The van der Waals surface area contributed by atoms with E-state index in [1.807, 2.05) is 6.07 Å². The molecule has 0 radical (unpaired) electrons. The number of thiophene rings is 1. The van der Waals surface area contributed by atoms with E-state index in [4.69, 9.17) is 0 Å². The summed E-state index contributed by atoms with van der Waals surface area (Å²) in [5, 5.41) is 3.34. The Hall–Kier alpha value is -0.430. The van der Waals surface area contributed by atoms with Gasteiger partial charge in [0.1, 0.15) is 4.21 Å². The van der Waals surface area contributed by atoms with Crippen LogP contribution in [0.15, 0.2) is 16.3 Å². The van der Waals surface area contributed by atoms with Gasteiger partial charge < -0.3 is 5.32 Å². The molecule has 20 heavy (non-hydrogen) atoms. The van der Waals surface area contributed by atoms with Gasteiger partial charge in [0.15, 0.2) is 0 Å². The Morgan fingerprint density at radius 3 is 2.70 bits per heavy atom. The Bertz CT molecular complexity index is 519. The van der Waals surface area contributed by atoms with Crippen LogP contribution < -0.4 is 10.0 Å². The maximum absolute atomic E-state index is 12.1. The molecule has 1 fully saturated rings. The van der Waals surface area contributed by atoms with Crippen molar-refractivity contribution in [1.82, 2.24) is 10.0 Å². The van der Waals surface area contributed by atoms with E-state index in [1.165, 1.54) is 24.2 Å². The number of hydrogen-bond acceptors (Lipinski definition) is 4. The van der Waals surface area contributed by atoms with Crippen molar-refractivity contribution >= 4 is 21.4 Å². The van der Waals surface area contributed by atoms with Gasteiger partial charge in [0, 0.05) is 24.0 Å². The molecule has 2 rings (SSSR count). The topological polar surface area (TPSA) is 58.2 Å². The molecule has 0 saturated heterocycles. The summed E-state index contributed by atoms with van der Waals surface area (Å²) in [6.07, 6.45) is 4.36. The van der Waals surface area contributed by atoms with Crippen LogP contribution in [0, 0.1) is 5.92 Å². The smallest absolute Gasteiger partial charge is 0.250 e. The van der Waals surface area contributed by atoms with Crippen molar-refractivity contribution in [3.8, 4) is 0 Å². The predicted octanol–water partition coefficient (Wildman–Crippen LogP) is 2.37. The minimum Gasteiger partial charge on any atom is -0.314 e. The maximum atomic E-state index is 12.1. The van der Waals surface area contributed by atoms with Crippen molar-refractivity contribution in [1.29, 1.82) is 0 Å². The summed E-state index contributed by atoms with van der Waals surface area (Å²) in [6, 6.07) is 4.10. The third-order valence-corrected chi connectivity index (χ3v) is 6.47. The second-order valence-electron chi connectivity index (χ2n) is 5.71. The molecule has 1 heterocycles. The number of sulfonamides is 1. The Morgan fingerprint density at radius 2 is 2.05 bits per heavy atom. The van der Waals surface area contributed by atoms with E-state index in [-0.39, 0.29) is 0 Å². The molecule has 0 unspecified atom stereocenters. The summed E-state index contributed by atoms with van der Waals surface area (Å²) in [7, 11) is -3.30. The SMILES string of the molecule is CC(C)NCCc1ccc(S(=O)(=O)NCCC2CC2)s1. The third kappa shape index (κ3) is 5.16. The first-order valence-electron chi connectivity index (χ1n) is 7.29. The van der Waals surface area contributed by atoms with E-state index in [0.29, 0.717) is 16.8 Å². The second-order valence-corrected chi connectivity index (χ2v) is 8.87. The van der Waals surface area contributed by atoms with Crippen molar-refractivity contribution < 1.29 is 8.42 Å². The Labute approximate surface area is 126 Å². The van der Waals surface area contributed by atoms with Crippen molar-refractivity contribution in [3.05, 3.63) is 17.0 Å². The van der Waals surface area contributed by atoms with Gasteiger partial charge in [-0.1, -0.05) is 26.7 Å². The van der Waals surface area contributed by atoms with Crippen molar-refractivity contribution in [2.24, 2.45) is 5.92 Å². The molecule has 0 bridgehead atoms. The Morgan fingerprint density at radius 1 is 1.30 bits per heavy atom. The zero-order chi connectivity index (χ0) is 14.6. The molecule has 114 valence electrons. The average Bonchev–Trinajstić information content (AvgIpc) is 3.04. The normalized spacial score (nSPS) is 15.9. The molecule has 1 aliphatic carbocycles. The summed E-state index contributed by atoms with van der Waals surface area (Å²) >= 11 is 1.38. The molecule has 1 aromatic rings. The number of rotatable bonds is 9. The van der Waals surface area contributed by atoms with Crippen LogP contribution in [0.2, 0.25) is 0 Å². The molecular weight excluding hydrogens is 292 g/mol. The molecule has 1 aliphatic rings. The Balaban J connectivity index is 1.82. The molecule has 6 heteroatoms. The van der Waals surface area contributed by atoms with Crippen LogP contribution in [-0.4, -0.2) is 27.5 Å². The van der Waals surface area contributed by atoms with Crippen LogP contribution in [0.5, 0.6) is 0 Å². The summed E-state index contributed by atoms with van der Waals surface area (Å²) in [6.45, 7) is 5.66. The molecular formula is C14H24N2O2S2. The highest BCUT2D eigenvalue weighted by atomic mass is 32.2. The summed E-state index contributed by atoms with van der Waals surface area (Å²) < 4.78 is 27.4. The fraction of sp³-hybridized carbons (Fsp3) is 0.714. The monoisotopic (exact) mass is 316 g/mol. The van der Waals surface area contributed by atoms with Gasteiger partial charge in [0.25, 0.3) is 0 Å². The van der Waals surface area contributed by atoms with Gasteiger partial charge in [-0.3, -0.25) is 0 Å². The first kappa shape index (κ1) is 15.9. The van der Waals surface area contributed by atoms with Gasteiger partial charge in [0.2, 0.25) is 10.0 Å². The van der Waals surface area contributed by atoms with Crippen LogP contribution in [-0.2, 0) is 16.4 Å². The highest BCUT2D eigenvalue weighted by Gasteiger charge is 2.22. The van der Waals surface area contributed by atoms with Gasteiger partial charge >= 0.3 is 0 Å². The molecule has 0 aromatic carbocycles. The lowest BCUT2D eigenvalue weighted by Crippen LogP contribution is -2.24. The highest BCUT2D eigenvalue weighted by molar-refractivity contribution is 7.91. The third-order valence-electron chi connectivity index (χ3n) is 3.37. The van der Waals surface area contributed by atoms with Crippen molar-refractivity contribution in [2.45, 2.75) is 49.8 Å². The Kier molecular flexibility index (Phi) is 5.60. The van der Waals surface area contributed by atoms with Gasteiger partial charge in [-0.25, -0.2) is 13.1 Å². The van der Waals surface area contributed by atoms with Crippen molar-refractivity contribution in [3.63, 3.8) is 0 Å². The summed E-state index contributed by atoms with van der Waals surface area (Å²) in [5.41, 5.74) is 0. The minimum absolute atomic E-state index is 0.438. The molecule has 0 amide bonds. The molecule has 0 spiro atoms. The largest absolute Gasteiger partial charge is 0.314 e. The molecule has 0 aliphatic heterocycles. The molecule has 0 atom stereocenters. The second kappa shape index (κ2) is 7.02. The highest BCUT2D eigenvalue weighted by Crippen LogP contribution is 2.32. The first-order chi connectivity index (χ1) is 9.47. The average molecular weight is 316 g/mol. The standard InChI is InChI=1S/C14H24N2O2S2/c1-11(2)15-9-8-13-5-6-14(19-13)20(17,18)16-10-7-12-3-4-12/h5-6,11-12,15-16H,3-4,7-10H2,1-2H3. The van der Waals surface area contributed by atoms with Crippen LogP contribution in [0.25, 0.3) is 0 Å². The lowest BCUT2D eigenvalue weighted by atomic mass is 10.3. The van der Waals surface area contributed by atoms with Gasteiger partial charge in [-0.2, -0.15) is 0 Å². The van der Waals surface area contributed by atoms with Crippen LogP contribution >= 0.6 is 11.3 Å². The molecule has 2 N–H and O–H groups in total. The van der Waals surface area contributed by atoms with Gasteiger partial charge in [0.05, 0.1) is 0 Å². The predicted molar refractivity (Wildman–Crippen MR) is 83.7 cm³/mol. The van der Waals surface area contributed by atoms with Crippen LogP contribution in [0.4, 0.5) is 0 Å². The van der Waals surface area contributed by atoms with E-state index < -0.39 is 10.0 Å².